The van der Waals surface area contributed by atoms with Gasteiger partial charge in [0.15, 0.2) is 0 Å². The van der Waals surface area contributed by atoms with E-state index in [1.807, 2.05) is 30.5 Å². The van der Waals surface area contributed by atoms with Crippen LogP contribution in [-0.2, 0) is 17.8 Å². The number of nitrogens with one attached hydrogen (secondary N) is 2. The minimum absolute atomic E-state index is 0.100. The predicted octanol–water partition coefficient (Wildman–Crippen LogP) is 2.74. The molecule has 118 valence electrons. The standard InChI is InChI=1S/C18H18N2O3/c1-23-14-6-7-17(21)13(8-14)11-20-18(22)9-12-10-19-16-5-3-2-4-15(12)16/h2-8,10,19,21H,9,11H2,1H3,(H,20,22). The monoisotopic (exact) mass is 310 g/mol. The number of fused-ring (bicyclic) bond motifs is 1. The molecule has 1 amide bonds. The minimum atomic E-state index is -0.100. The summed E-state index contributed by atoms with van der Waals surface area (Å²) in [4.78, 5) is 15.3. The van der Waals surface area contributed by atoms with Crippen molar-refractivity contribution < 1.29 is 14.6 Å². The number of carbonyl (C=O) groups excluding carboxylic acids is 1. The second-order valence-corrected chi connectivity index (χ2v) is 5.31. The maximum Gasteiger partial charge on any atom is 0.224 e. The number of benzene rings is 2. The molecular formula is C18H18N2O3. The molecule has 23 heavy (non-hydrogen) atoms. The Balaban J connectivity index is 1.66. The number of phenols is 1. The third-order valence-corrected chi connectivity index (χ3v) is 3.79. The summed E-state index contributed by atoms with van der Waals surface area (Å²) in [7, 11) is 1.56. The summed E-state index contributed by atoms with van der Waals surface area (Å²) in [6, 6.07) is 12.8. The molecule has 2 aromatic carbocycles. The molecule has 3 N–H and O–H groups in total. The number of aromatic amines is 1. The van der Waals surface area contributed by atoms with Gasteiger partial charge in [-0.15, -0.1) is 0 Å². The first-order valence-electron chi connectivity index (χ1n) is 7.35. The van der Waals surface area contributed by atoms with Gasteiger partial charge < -0.3 is 20.1 Å². The van der Waals surface area contributed by atoms with Gasteiger partial charge in [0.25, 0.3) is 0 Å². The fourth-order valence-corrected chi connectivity index (χ4v) is 2.54. The van der Waals surface area contributed by atoms with Crippen LogP contribution in [0.1, 0.15) is 11.1 Å². The van der Waals surface area contributed by atoms with Crippen LogP contribution in [0.4, 0.5) is 0 Å². The highest BCUT2D eigenvalue weighted by molar-refractivity contribution is 5.88. The average molecular weight is 310 g/mol. The second-order valence-electron chi connectivity index (χ2n) is 5.31. The molecular weight excluding hydrogens is 292 g/mol. The Labute approximate surface area is 133 Å². The lowest BCUT2D eigenvalue weighted by Crippen LogP contribution is -2.24. The van der Waals surface area contributed by atoms with Gasteiger partial charge in [-0.05, 0) is 29.8 Å². The van der Waals surface area contributed by atoms with Crippen molar-refractivity contribution in [1.82, 2.24) is 10.3 Å². The maximum atomic E-state index is 12.2. The first-order chi connectivity index (χ1) is 11.2. The van der Waals surface area contributed by atoms with Crippen LogP contribution >= 0.6 is 0 Å². The highest BCUT2D eigenvalue weighted by Crippen LogP contribution is 2.23. The van der Waals surface area contributed by atoms with E-state index in [4.69, 9.17) is 4.74 Å². The Morgan fingerprint density at radius 3 is 2.87 bits per heavy atom. The number of carbonyl (C=O) groups is 1. The zero-order valence-electron chi connectivity index (χ0n) is 12.8. The zero-order valence-corrected chi connectivity index (χ0v) is 12.8. The topological polar surface area (TPSA) is 74.3 Å². The number of phenolic OH excluding ortho intramolecular Hbond substituents is 1. The van der Waals surface area contributed by atoms with Crippen LogP contribution < -0.4 is 10.1 Å². The SMILES string of the molecule is COc1ccc(O)c(CNC(=O)Cc2c[nH]c3ccccc23)c1. The van der Waals surface area contributed by atoms with Crippen molar-refractivity contribution in [1.29, 1.82) is 0 Å². The average Bonchev–Trinajstić information content (AvgIpc) is 2.97. The Bertz CT molecular complexity index is 839. The maximum absolute atomic E-state index is 12.2. The van der Waals surface area contributed by atoms with Gasteiger partial charge >= 0.3 is 0 Å². The summed E-state index contributed by atoms with van der Waals surface area (Å²) >= 11 is 0. The van der Waals surface area contributed by atoms with Crippen molar-refractivity contribution >= 4 is 16.8 Å². The van der Waals surface area contributed by atoms with Crippen LogP contribution in [0.5, 0.6) is 11.5 Å². The van der Waals surface area contributed by atoms with E-state index in [-0.39, 0.29) is 24.6 Å². The molecule has 5 heteroatoms. The van der Waals surface area contributed by atoms with Gasteiger partial charge in [-0.3, -0.25) is 4.79 Å². The highest BCUT2D eigenvalue weighted by atomic mass is 16.5. The third kappa shape index (κ3) is 3.29. The number of aromatic nitrogens is 1. The van der Waals surface area contributed by atoms with Crippen molar-refractivity contribution in [3.05, 3.63) is 59.8 Å². The quantitative estimate of drug-likeness (QED) is 0.678. The molecule has 0 atom stereocenters. The summed E-state index contributed by atoms with van der Waals surface area (Å²) < 4.78 is 5.12. The van der Waals surface area contributed by atoms with Crippen LogP contribution in [0, 0.1) is 0 Å². The molecule has 0 saturated heterocycles. The van der Waals surface area contributed by atoms with Crippen molar-refractivity contribution in [2.24, 2.45) is 0 Å². The van der Waals surface area contributed by atoms with Crippen LogP contribution in [0.15, 0.2) is 48.7 Å². The van der Waals surface area contributed by atoms with Crippen molar-refractivity contribution in [2.45, 2.75) is 13.0 Å². The smallest absolute Gasteiger partial charge is 0.224 e. The third-order valence-electron chi connectivity index (χ3n) is 3.79. The number of H-pyrrole nitrogens is 1. The number of rotatable bonds is 5. The molecule has 3 aromatic rings. The van der Waals surface area contributed by atoms with E-state index in [9.17, 15) is 9.90 Å². The summed E-state index contributed by atoms with van der Waals surface area (Å²) in [6.45, 7) is 0.254. The largest absolute Gasteiger partial charge is 0.508 e. The number of hydrogen-bond donors (Lipinski definition) is 3. The molecule has 0 aliphatic rings. The normalized spacial score (nSPS) is 10.7. The predicted molar refractivity (Wildman–Crippen MR) is 88.5 cm³/mol. The summed E-state index contributed by atoms with van der Waals surface area (Å²) in [6.07, 6.45) is 2.14. The number of para-hydroxylation sites is 1. The van der Waals surface area contributed by atoms with Gasteiger partial charge in [0, 0.05) is 29.2 Å². The van der Waals surface area contributed by atoms with Gasteiger partial charge in [-0.25, -0.2) is 0 Å². The lowest BCUT2D eigenvalue weighted by molar-refractivity contribution is -0.120. The molecule has 0 radical (unpaired) electrons. The minimum Gasteiger partial charge on any atom is -0.508 e. The van der Waals surface area contributed by atoms with E-state index in [1.54, 1.807) is 25.3 Å². The van der Waals surface area contributed by atoms with E-state index in [0.717, 1.165) is 16.5 Å². The van der Waals surface area contributed by atoms with E-state index < -0.39 is 0 Å². The molecule has 1 heterocycles. The van der Waals surface area contributed by atoms with Gasteiger partial charge in [0.05, 0.1) is 13.5 Å². The number of amides is 1. The van der Waals surface area contributed by atoms with E-state index in [2.05, 4.69) is 10.3 Å². The number of methoxy groups -OCH3 is 1. The molecule has 3 rings (SSSR count). The van der Waals surface area contributed by atoms with Crippen LogP contribution in [0.25, 0.3) is 10.9 Å². The Morgan fingerprint density at radius 2 is 2.04 bits per heavy atom. The Hall–Kier alpha value is -2.95. The Morgan fingerprint density at radius 1 is 1.22 bits per heavy atom. The lowest BCUT2D eigenvalue weighted by atomic mass is 10.1. The van der Waals surface area contributed by atoms with Gasteiger partial charge in [0.1, 0.15) is 11.5 Å². The fourth-order valence-electron chi connectivity index (χ4n) is 2.54. The van der Waals surface area contributed by atoms with E-state index >= 15 is 0 Å². The lowest BCUT2D eigenvalue weighted by Gasteiger charge is -2.09. The second kappa shape index (κ2) is 6.44. The molecule has 1 aromatic heterocycles. The van der Waals surface area contributed by atoms with Crippen molar-refractivity contribution in [3.8, 4) is 11.5 Å². The van der Waals surface area contributed by atoms with Gasteiger partial charge in [0.2, 0.25) is 5.91 Å². The Kier molecular flexibility index (Phi) is 4.19. The van der Waals surface area contributed by atoms with Crippen molar-refractivity contribution in [2.75, 3.05) is 7.11 Å². The molecule has 0 bridgehead atoms. The molecule has 5 nitrogen and oxygen atoms in total. The fraction of sp³-hybridized carbons (Fsp3) is 0.167. The molecule has 0 aliphatic carbocycles. The molecule has 0 fully saturated rings. The first kappa shape index (κ1) is 15.0. The number of aromatic hydroxyl groups is 1. The summed E-state index contributed by atoms with van der Waals surface area (Å²) in [5.74, 6) is 0.679. The number of ether oxygens (including phenoxy) is 1. The first-order valence-corrected chi connectivity index (χ1v) is 7.35. The van der Waals surface area contributed by atoms with Gasteiger partial charge in [-0.1, -0.05) is 18.2 Å². The zero-order chi connectivity index (χ0) is 16.2. The van der Waals surface area contributed by atoms with Crippen molar-refractivity contribution in [3.63, 3.8) is 0 Å². The highest BCUT2D eigenvalue weighted by Gasteiger charge is 2.10. The summed E-state index contributed by atoms with van der Waals surface area (Å²) in [5.41, 5.74) is 2.59. The molecule has 0 unspecified atom stereocenters. The molecule has 0 saturated carbocycles. The van der Waals surface area contributed by atoms with Crippen LogP contribution in [-0.4, -0.2) is 23.1 Å². The molecule has 0 spiro atoms. The summed E-state index contributed by atoms with van der Waals surface area (Å²) in [5, 5.41) is 13.7. The number of hydrogen-bond acceptors (Lipinski definition) is 3. The van der Waals surface area contributed by atoms with Gasteiger partial charge in [-0.2, -0.15) is 0 Å². The van der Waals surface area contributed by atoms with Crippen LogP contribution in [0.2, 0.25) is 0 Å². The van der Waals surface area contributed by atoms with E-state index in [1.165, 1.54) is 0 Å². The van der Waals surface area contributed by atoms with E-state index in [0.29, 0.717) is 11.3 Å². The molecule has 0 aliphatic heterocycles. The van der Waals surface area contributed by atoms with Crippen LogP contribution in [0.3, 0.4) is 0 Å².